The van der Waals surface area contributed by atoms with Crippen molar-refractivity contribution in [1.82, 2.24) is 19.7 Å². The monoisotopic (exact) mass is 292 g/mol. The molecule has 20 heavy (non-hydrogen) atoms. The van der Waals surface area contributed by atoms with Crippen LogP contribution >= 0.6 is 11.3 Å². The Morgan fingerprint density at radius 1 is 1.35 bits per heavy atom. The first-order chi connectivity index (χ1) is 9.65. The van der Waals surface area contributed by atoms with E-state index in [-0.39, 0.29) is 11.5 Å². The van der Waals surface area contributed by atoms with Gasteiger partial charge in [0, 0.05) is 25.4 Å². The molecule has 2 aromatic rings. The van der Waals surface area contributed by atoms with E-state index in [9.17, 15) is 9.59 Å². The Morgan fingerprint density at radius 2 is 2.10 bits per heavy atom. The highest BCUT2D eigenvalue weighted by Gasteiger charge is 2.13. The van der Waals surface area contributed by atoms with Gasteiger partial charge in [-0.1, -0.05) is 0 Å². The molecule has 2 aromatic heterocycles. The van der Waals surface area contributed by atoms with Gasteiger partial charge in [0.2, 0.25) is 0 Å². The molecule has 6 nitrogen and oxygen atoms in total. The van der Waals surface area contributed by atoms with E-state index in [1.54, 1.807) is 22.7 Å². The molecular formula is C13H16N4O2S. The fourth-order valence-corrected chi connectivity index (χ4v) is 2.41. The summed E-state index contributed by atoms with van der Waals surface area (Å²) in [7, 11) is 0. The predicted molar refractivity (Wildman–Crippen MR) is 77.0 cm³/mol. The number of pyridine rings is 1. The lowest BCUT2D eigenvalue weighted by atomic mass is 10.2. The van der Waals surface area contributed by atoms with Gasteiger partial charge in [-0.3, -0.25) is 9.59 Å². The molecule has 0 bridgehead atoms. The van der Waals surface area contributed by atoms with Crippen LogP contribution in [0.3, 0.4) is 0 Å². The van der Waals surface area contributed by atoms with Gasteiger partial charge in [0.05, 0.1) is 12.1 Å². The minimum absolute atomic E-state index is 0.0685. The van der Waals surface area contributed by atoms with Crippen LogP contribution in [-0.4, -0.2) is 38.7 Å². The van der Waals surface area contributed by atoms with Crippen molar-refractivity contribution in [3.63, 3.8) is 0 Å². The van der Waals surface area contributed by atoms with Crippen molar-refractivity contribution in [3.8, 4) is 0 Å². The van der Waals surface area contributed by atoms with Gasteiger partial charge in [0.15, 0.2) is 0 Å². The first-order valence-electron chi connectivity index (χ1n) is 6.40. The molecule has 0 atom stereocenters. The van der Waals surface area contributed by atoms with E-state index in [0.717, 1.165) is 5.01 Å². The molecule has 7 heteroatoms. The van der Waals surface area contributed by atoms with Gasteiger partial charge in [-0.05, 0) is 19.9 Å². The number of carbonyl (C=O) groups is 1. The Bertz CT molecular complexity index is 632. The van der Waals surface area contributed by atoms with E-state index in [1.807, 2.05) is 13.8 Å². The van der Waals surface area contributed by atoms with Gasteiger partial charge >= 0.3 is 0 Å². The van der Waals surface area contributed by atoms with Crippen molar-refractivity contribution in [2.45, 2.75) is 20.4 Å². The largest absolute Gasteiger partial charge is 0.339 e. The van der Waals surface area contributed by atoms with Crippen molar-refractivity contribution in [2.75, 3.05) is 13.1 Å². The van der Waals surface area contributed by atoms with E-state index in [2.05, 4.69) is 10.2 Å². The van der Waals surface area contributed by atoms with Crippen LogP contribution in [0.2, 0.25) is 0 Å². The van der Waals surface area contributed by atoms with Crippen molar-refractivity contribution < 1.29 is 4.79 Å². The van der Waals surface area contributed by atoms with E-state index < -0.39 is 0 Å². The van der Waals surface area contributed by atoms with Gasteiger partial charge in [0.1, 0.15) is 10.5 Å². The molecule has 0 aliphatic carbocycles. The Balaban J connectivity index is 2.28. The molecule has 0 aliphatic heterocycles. The average Bonchev–Trinajstić information content (AvgIpc) is 2.95. The second-order valence-corrected chi connectivity index (χ2v) is 5.11. The molecule has 0 unspecified atom stereocenters. The molecule has 1 amide bonds. The van der Waals surface area contributed by atoms with E-state index in [1.165, 1.54) is 22.0 Å². The maximum absolute atomic E-state index is 12.3. The molecule has 0 saturated carbocycles. The molecule has 2 rings (SSSR count). The quantitative estimate of drug-likeness (QED) is 0.831. The van der Waals surface area contributed by atoms with Gasteiger partial charge in [-0.2, -0.15) is 0 Å². The first kappa shape index (κ1) is 14.4. The van der Waals surface area contributed by atoms with Crippen LogP contribution < -0.4 is 5.56 Å². The number of hydrogen-bond donors (Lipinski definition) is 0. The molecule has 0 aromatic carbocycles. The van der Waals surface area contributed by atoms with Gasteiger partial charge < -0.3 is 9.47 Å². The fraction of sp³-hybridized carbons (Fsp3) is 0.385. The third kappa shape index (κ3) is 3.11. The standard InChI is InChI=1S/C13H16N4O2S/c1-3-16(4-2)13(19)10-5-6-12(18)17(7-10)8-11-15-14-9-20-11/h5-7,9H,3-4,8H2,1-2H3. The second-order valence-electron chi connectivity index (χ2n) is 4.19. The number of nitrogens with zero attached hydrogens (tertiary/aromatic N) is 4. The molecule has 0 spiro atoms. The smallest absolute Gasteiger partial charge is 0.255 e. The number of hydrogen-bond acceptors (Lipinski definition) is 5. The van der Waals surface area contributed by atoms with E-state index >= 15 is 0 Å². The zero-order chi connectivity index (χ0) is 14.5. The highest BCUT2D eigenvalue weighted by atomic mass is 32.1. The number of rotatable bonds is 5. The van der Waals surface area contributed by atoms with Crippen LogP contribution in [0.15, 0.2) is 28.6 Å². The number of aromatic nitrogens is 3. The lowest BCUT2D eigenvalue weighted by Crippen LogP contribution is -2.32. The molecule has 0 fully saturated rings. The van der Waals surface area contributed by atoms with Crippen LogP contribution in [0.25, 0.3) is 0 Å². The van der Waals surface area contributed by atoms with Gasteiger partial charge in [0.25, 0.3) is 11.5 Å². The van der Waals surface area contributed by atoms with Crippen molar-refractivity contribution in [2.24, 2.45) is 0 Å². The average molecular weight is 292 g/mol. The summed E-state index contributed by atoms with van der Waals surface area (Å²) >= 11 is 1.38. The van der Waals surface area contributed by atoms with Crippen molar-refractivity contribution >= 4 is 17.2 Å². The van der Waals surface area contributed by atoms with Gasteiger partial charge in [-0.15, -0.1) is 21.5 Å². The molecule has 0 radical (unpaired) electrons. The van der Waals surface area contributed by atoms with Crippen LogP contribution in [0.1, 0.15) is 29.2 Å². The third-order valence-electron chi connectivity index (χ3n) is 2.99. The first-order valence-corrected chi connectivity index (χ1v) is 7.28. The summed E-state index contributed by atoms with van der Waals surface area (Å²) in [6, 6.07) is 2.98. The highest BCUT2D eigenvalue weighted by molar-refractivity contribution is 7.09. The molecule has 0 saturated heterocycles. The summed E-state index contributed by atoms with van der Waals surface area (Å²) in [5, 5.41) is 8.38. The topological polar surface area (TPSA) is 68.1 Å². The minimum Gasteiger partial charge on any atom is -0.339 e. The molecule has 2 heterocycles. The third-order valence-corrected chi connectivity index (χ3v) is 3.67. The lowest BCUT2D eigenvalue weighted by molar-refractivity contribution is 0.0772. The molecule has 106 valence electrons. The summed E-state index contributed by atoms with van der Waals surface area (Å²) in [5.74, 6) is -0.0685. The Morgan fingerprint density at radius 3 is 2.70 bits per heavy atom. The molecular weight excluding hydrogens is 276 g/mol. The normalized spacial score (nSPS) is 10.5. The Labute approximate surface area is 120 Å². The molecule has 0 aliphatic rings. The van der Waals surface area contributed by atoms with Crippen LogP contribution in [0, 0.1) is 0 Å². The Kier molecular flexibility index (Phi) is 4.62. The van der Waals surface area contributed by atoms with Crippen LogP contribution in [0.5, 0.6) is 0 Å². The maximum Gasteiger partial charge on any atom is 0.255 e. The minimum atomic E-state index is -0.156. The van der Waals surface area contributed by atoms with Gasteiger partial charge in [-0.25, -0.2) is 0 Å². The SMILES string of the molecule is CCN(CC)C(=O)c1ccc(=O)n(Cc2nncs2)c1. The van der Waals surface area contributed by atoms with Crippen molar-refractivity contribution in [1.29, 1.82) is 0 Å². The maximum atomic E-state index is 12.3. The fourth-order valence-electron chi connectivity index (χ4n) is 1.89. The summed E-state index contributed by atoms with van der Waals surface area (Å²) in [6.07, 6.45) is 1.59. The lowest BCUT2D eigenvalue weighted by Gasteiger charge is -2.18. The van der Waals surface area contributed by atoms with Crippen LogP contribution in [-0.2, 0) is 6.54 Å². The summed E-state index contributed by atoms with van der Waals surface area (Å²) in [5.41, 5.74) is 1.97. The van der Waals surface area contributed by atoms with Crippen LogP contribution in [0.4, 0.5) is 0 Å². The zero-order valence-corrected chi connectivity index (χ0v) is 12.3. The van der Waals surface area contributed by atoms with E-state index in [4.69, 9.17) is 0 Å². The summed E-state index contributed by atoms with van der Waals surface area (Å²) in [6.45, 7) is 5.48. The molecule has 0 N–H and O–H groups in total. The predicted octanol–water partition coefficient (Wildman–Crippen LogP) is 1.23. The summed E-state index contributed by atoms with van der Waals surface area (Å²) in [4.78, 5) is 25.8. The van der Waals surface area contributed by atoms with E-state index in [0.29, 0.717) is 25.2 Å². The highest BCUT2D eigenvalue weighted by Crippen LogP contribution is 2.06. The number of amides is 1. The Hall–Kier alpha value is -2.02. The second kappa shape index (κ2) is 6.42. The summed E-state index contributed by atoms with van der Waals surface area (Å²) < 4.78 is 1.48. The number of carbonyl (C=O) groups excluding carboxylic acids is 1. The van der Waals surface area contributed by atoms with Crippen molar-refractivity contribution in [3.05, 3.63) is 44.8 Å². The zero-order valence-electron chi connectivity index (χ0n) is 11.4.